The van der Waals surface area contributed by atoms with Crippen LogP contribution in [0.3, 0.4) is 0 Å². The van der Waals surface area contributed by atoms with Crippen molar-refractivity contribution in [2.75, 3.05) is 0 Å². The van der Waals surface area contributed by atoms with Crippen molar-refractivity contribution in [1.29, 1.82) is 0 Å². The smallest absolute Gasteiger partial charge is 0.195 e. The molecule has 0 bridgehead atoms. The molecular formula is C11H10N6. The topological polar surface area (TPSA) is 93.4 Å². The van der Waals surface area contributed by atoms with Crippen molar-refractivity contribution < 1.29 is 0 Å². The van der Waals surface area contributed by atoms with Crippen molar-refractivity contribution in [3.63, 3.8) is 0 Å². The average Bonchev–Trinajstić information content (AvgIpc) is 2.91. The van der Waals surface area contributed by atoms with Gasteiger partial charge >= 0.3 is 0 Å². The minimum atomic E-state index is -0.424. The minimum absolute atomic E-state index is 0.424. The van der Waals surface area contributed by atoms with Gasteiger partial charge in [-0.05, 0) is 6.07 Å². The molecule has 3 rings (SSSR count). The van der Waals surface area contributed by atoms with E-state index in [2.05, 4.69) is 25.6 Å². The number of tetrazole rings is 1. The highest BCUT2D eigenvalue weighted by atomic mass is 15.5. The Bertz CT molecular complexity index is 628. The Balaban J connectivity index is 2.17. The van der Waals surface area contributed by atoms with Gasteiger partial charge < -0.3 is 5.73 Å². The van der Waals surface area contributed by atoms with E-state index in [1.54, 1.807) is 6.20 Å². The SMILES string of the molecule is NC(c1nn[nH]n1)c1cccc2cccnc12. The Morgan fingerprint density at radius 3 is 2.88 bits per heavy atom. The monoisotopic (exact) mass is 226 g/mol. The first-order chi connectivity index (χ1) is 8.36. The molecule has 2 heterocycles. The van der Waals surface area contributed by atoms with Gasteiger partial charge in [-0.25, -0.2) is 0 Å². The molecular weight excluding hydrogens is 216 g/mol. The molecule has 0 saturated heterocycles. The molecule has 0 aliphatic carbocycles. The summed E-state index contributed by atoms with van der Waals surface area (Å²) in [5.74, 6) is 0.461. The maximum absolute atomic E-state index is 6.10. The Kier molecular flexibility index (Phi) is 2.27. The lowest BCUT2D eigenvalue weighted by Gasteiger charge is -2.09. The first kappa shape index (κ1) is 9.86. The summed E-state index contributed by atoms with van der Waals surface area (Å²) in [5.41, 5.74) is 7.86. The zero-order valence-electron chi connectivity index (χ0n) is 8.91. The lowest BCUT2D eigenvalue weighted by atomic mass is 10.0. The van der Waals surface area contributed by atoms with Gasteiger partial charge in [0.05, 0.1) is 11.6 Å². The maximum Gasteiger partial charge on any atom is 0.195 e. The molecule has 17 heavy (non-hydrogen) atoms. The van der Waals surface area contributed by atoms with Crippen molar-refractivity contribution in [3.8, 4) is 0 Å². The quantitative estimate of drug-likeness (QED) is 0.674. The highest BCUT2D eigenvalue weighted by molar-refractivity contribution is 5.82. The molecule has 0 aliphatic heterocycles. The summed E-state index contributed by atoms with van der Waals surface area (Å²) in [6, 6.07) is 9.33. The van der Waals surface area contributed by atoms with Gasteiger partial charge in [0.25, 0.3) is 0 Å². The number of fused-ring (bicyclic) bond motifs is 1. The molecule has 6 nitrogen and oxygen atoms in total. The van der Waals surface area contributed by atoms with Crippen LogP contribution in [0.25, 0.3) is 10.9 Å². The lowest BCUT2D eigenvalue weighted by molar-refractivity contribution is 0.789. The molecule has 2 aromatic heterocycles. The van der Waals surface area contributed by atoms with Gasteiger partial charge in [-0.3, -0.25) is 4.98 Å². The van der Waals surface area contributed by atoms with Gasteiger partial charge in [-0.1, -0.05) is 29.5 Å². The predicted molar refractivity (Wildman–Crippen MR) is 62.0 cm³/mol. The molecule has 0 amide bonds. The number of benzene rings is 1. The molecule has 6 heteroatoms. The molecule has 0 fully saturated rings. The number of hydrogen-bond acceptors (Lipinski definition) is 5. The summed E-state index contributed by atoms with van der Waals surface area (Å²) in [6.07, 6.45) is 1.74. The van der Waals surface area contributed by atoms with Gasteiger partial charge in [-0.2, -0.15) is 5.21 Å². The standard InChI is InChI=1S/C11H10N6/c12-9(11-14-16-17-15-11)8-5-1-3-7-4-2-6-13-10(7)8/h1-6,9H,12H2,(H,14,15,16,17). The highest BCUT2D eigenvalue weighted by Gasteiger charge is 2.16. The Labute approximate surface area is 96.9 Å². The van der Waals surface area contributed by atoms with Crippen LogP contribution < -0.4 is 5.73 Å². The highest BCUT2D eigenvalue weighted by Crippen LogP contribution is 2.23. The van der Waals surface area contributed by atoms with Crippen LogP contribution >= 0.6 is 0 Å². The van der Waals surface area contributed by atoms with Crippen molar-refractivity contribution in [2.45, 2.75) is 6.04 Å². The molecule has 0 saturated carbocycles. The average molecular weight is 226 g/mol. The van der Waals surface area contributed by atoms with E-state index in [9.17, 15) is 0 Å². The number of H-pyrrole nitrogens is 1. The van der Waals surface area contributed by atoms with Crippen molar-refractivity contribution in [2.24, 2.45) is 5.73 Å². The first-order valence-corrected chi connectivity index (χ1v) is 5.19. The normalized spacial score (nSPS) is 12.8. The van der Waals surface area contributed by atoms with Crippen LogP contribution in [0.15, 0.2) is 36.5 Å². The number of para-hydroxylation sites is 1. The molecule has 84 valence electrons. The number of rotatable bonds is 2. The summed E-state index contributed by atoms with van der Waals surface area (Å²) >= 11 is 0. The van der Waals surface area contributed by atoms with Gasteiger partial charge in [-0.15, -0.1) is 10.2 Å². The number of pyridine rings is 1. The van der Waals surface area contributed by atoms with Gasteiger partial charge in [0.1, 0.15) is 0 Å². The largest absolute Gasteiger partial charge is 0.317 e. The van der Waals surface area contributed by atoms with E-state index in [1.165, 1.54) is 0 Å². The predicted octanol–water partition coefficient (Wildman–Crippen LogP) is 0.796. The first-order valence-electron chi connectivity index (χ1n) is 5.19. The number of nitrogens with two attached hydrogens (primary N) is 1. The third-order valence-corrected chi connectivity index (χ3v) is 2.64. The minimum Gasteiger partial charge on any atom is -0.317 e. The van der Waals surface area contributed by atoms with E-state index < -0.39 is 6.04 Å². The Morgan fingerprint density at radius 2 is 2.06 bits per heavy atom. The third-order valence-electron chi connectivity index (χ3n) is 2.64. The summed E-state index contributed by atoms with van der Waals surface area (Å²) in [5, 5.41) is 14.8. The fourth-order valence-electron chi connectivity index (χ4n) is 1.82. The van der Waals surface area contributed by atoms with Crippen LogP contribution in [0.2, 0.25) is 0 Å². The third kappa shape index (κ3) is 1.64. The zero-order chi connectivity index (χ0) is 11.7. The lowest BCUT2D eigenvalue weighted by Crippen LogP contribution is -2.14. The second-order valence-corrected chi connectivity index (χ2v) is 3.67. The molecule has 0 radical (unpaired) electrons. The summed E-state index contributed by atoms with van der Waals surface area (Å²) < 4.78 is 0. The van der Waals surface area contributed by atoms with E-state index in [0.29, 0.717) is 5.82 Å². The number of aromatic amines is 1. The van der Waals surface area contributed by atoms with Crippen LogP contribution in [0.4, 0.5) is 0 Å². The molecule has 1 aromatic carbocycles. The fourth-order valence-corrected chi connectivity index (χ4v) is 1.82. The molecule has 0 spiro atoms. The van der Waals surface area contributed by atoms with Gasteiger partial charge in [0, 0.05) is 17.1 Å². The molecule has 3 aromatic rings. The second kappa shape index (κ2) is 3.91. The van der Waals surface area contributed by atoms with E-state index >= 15 is 0 Å². The van der Waals surface area contributed by atoms with E-state index in [4.69, 9.17) is 5.73 Å². The maximum atomic E-state index is 6.10. The Hall–Kier alpha value is -2.34. The van der Waals surface area contributed by atoms with Crippen LogP contribution in [-0.4, -0.2) is 25.6 Å². The second-order valence-electron chi connectivity index (χ2n) is 3.67. The van der Waals surface area contributed by atoms with E-state index in [1.807, 2.05) is 30.3 Å². The van der Waals surface area contributed by atoms with E-state index in [0.717, 1.165) is 16.5 Å². The number of nitrogens with zero attached hydrogens (tertiary/aromatic N) is 4. The molecule has 1 atom stereocenters. The number of nitrogens with one attached hydrogen (secondary N) is 1. The summed E-state index contributed by atoms with van der Waals surface area (Å²) in [6.45, 7) is 0. The Morgan fingerprint density at radius 1 is 1.18 bits per heavy atom. The van der Waals surface area contributed by atoms with Crippen molar-refractivity contribution in [3.05, 3.63) is 47.9 Å². The van der Waals surface area contributed by atoms with Crippen LogP contribution in [-0.2, 0) is 0 Å². The molecule has 1 unspecified atom stereocenters. The van der Waals surface area contributed by atoms with Gasteiger partial charge in [0.15, 0.2) is 5.82 Å². The van der Waals surface area contributed by atoms with Crippen LogP contribution in [0, 0.1) is 0 Å². The summed E-state index contributed by atoms with van der Waals surface area (Å²) in [7, 11) is 0. The van der Waals surface area contributed by atoms with E-state index in [-0.39, 0.29) is 0 Å². The molecule has 0 aliphatic rings. The van der Waals surface area contributed by atoms with Crippen LogP contribution in [0.5, 0.6) is 0 Å². The molecule has 3 N–H and O–H groups in total. The van der Waals surface area contributed by atoms with Gasteiger partial charge in [0.2, 0.25) is 0 Å². The summed E-state index contributed by atoms with van der Waals surface area (Å²) in [4.78, 5) is 4.35. The number of hydrogen-bond donors (Lipinski definition) is 2. The van der Waals surface area contributed by atoms with Crippen molar-refractivity contribution in [1.82, 2.24) is 25.6 Å². The van der Waals surface area contributed by atoms with Crippen LogP contribution in [0.1, 0.15) is 17.4 Å². The fraction of sp³-hybridized carbons (Fsp3) is 0.0909. The van der Waals surface area contributed by atoms with Crippen molar-refractivity contribution >= 4 is 10.9 Å². The number of aromatic nitrogens is 5. The zero-order valence-corrected chi connectivity index (χ0v) is 8.91.